The van der Waals surface area contributed by atoms with Gasteiger partial charge in [-0.15, -0.1) is 0 Å². The second-order valence-corrected chi connectivity index (χ2v) is 4.78. The van der Waals surface area contributed by atoms with Crippen LogP contribution in [0.5, 0.6) is 0 Å². The predicted molar refractivity (Wildman–Crippen MR) is 74.9 cm³/mol. The fourth-order valence-electron chi connectivity index (χ4n) is 1.78. The Hall–Kier alpha value is -2.48. The standard InChI is InChI=1S/C12H12ClN5O3/c1-16-4-3-14-11(16)7-17(2)12(19)8-5-10(13)15-6-9(8)18(20)21/h3-6H,7H2,1-2H3. The van der Waals surface area contributed by atoms with Crippen molar-refractivity contribution in [3.63, 3.8) is 0 Å². The Kier molecular flexibility index (Phi) is 4.18. The summed E-state index contributed by atoms with van der Waals surface area (Å²) in [4.78, 5) is 31.7. The van der Waals surface area contributed by atoms with E-state index in [4.69, 9.17) is 11.6 Å². The third-order valence-electron chi connectivity index (χ3n) is 2.92. The summed E-state index contributed by atoms with van der Waals surface area (Å²) < 4.78 is 1.76. The summed E-state index contributed by atoms with van der Waals surface area (Å²) in [6.07, 6.45) is 4.34. The third-order valence-corrected chi connectivity index (χ3v) is 3.13. The SMILES string of the molecule is CN(Cc1nccn1C)C(=O)c1cc(Cl)ncc1[N+](=O)[O-]. The Labute approximate surface area is 125 Å². The van der Waals surface area contributed by atoms with Crippen LogP contribution >= 0.6 is 11.6 Å². The molecule has 0 N–H and O–H groups in total. The van der Waals surface area contributed by atoms with Gasteiger partial charge in [-0.05, 0) is 6.07 Å². The number of carbonyl (C=O) groups is 1. The summed E-state index contributed by atoms with van der Waals surface area (Å²) in [6.45, 7) is 0.222. The minimum absolute atomic E-state index is 0.0225. The van der Waals surface area contributed by atoms with Crippen molar-refractivity contribution < 1.29 is 9.72 Å². The molecule has 0 atom stereocenters. The Balaban J connectivity index is 2.29. The van der Waals surface area contributed by atoms with E-state index in [1.165, 1.54) is 18.0 Å². The molecule has 0 saturated heterocycles. The highest BCUT2D eigenvalue weighted by Gasteiger charge is 2.24. The van der Waals surface area contributed by atoms with Gasteiger partial charge in [0.1, 0.15) is 22.7 Å². The van der Waals surface area contributed by atoms with E-state index in [2.05, 4.69) is 9.97 Å². The molecule has 0 saturated carbocycles. The zero-order valence-corrected chi connectivity index (χ0v) is 12.1. The number of nitro groups is 1. The number of nitrogens with zero attached hydrogens (tertiary/aromatic N) is 5. The molecule has 8 nitrogen and oxygen atoms in total. The van der Waals surface area contributed by atoms with Crippen molar-refractivity contribution in [2.45, 2.75) is 6.54 Å². The van der Waals surface area contributed by atoms with Crippen molar-refractivity contribution in [1.29, 1.82) is 0 Å². The van der Waals surface area contributed by atoms with Gasteiger partial charge in [-0.25, -0.2) is 9.97 Å². The zero-order valence-electron chi connectivity index (χ0n) is 11.4. The molecule has 0 aliphatic carbocycles. The molecule has 0 aliphatic rings. The molecule has 2 rings (SSSR count). The number of hydrogen-bond donors (Lipinski definition) is 0. The molecule has 0 radical (unpaired) electrons. The summed E-state index contributed by atoms with van der Waals surface area (Å²) >= 11 is 5.72. The van der Waals surface area contributed by atoms with Gasteiger partial charge in [0.15, 0.2) is 0 Å². The first kappa shape index (κ1) is 14.9. The Morgan fingerprint density at radius 3 is 2.81 bits per heavy atom. The lowest BCUT2D eigenvalue weighted by molar-refractivity contribution is -0.385. The average molecular weight is 310 g/mol. The van der Waals surface area contributed by atoms with Gasteiger partial charge in [0.05, 0.1) is 11.5 Å². The number of aryl methyl sites for hydroxylation is 1. The fourth-order valence-corrected chi connectivity index (χ4v) is 1.94. The lowest BCUT2D eigenvalue weighted by Crippen LogP contribution is -2.28. The minimum atomic E-state index is -0.662. The Bertz CT molecular complexity index is 700. The molecule has 110 valence electrons. The minimum Gasteiger partial charge on any atom is -0.337 e. The number of rotatable bonds is 4. The number of halogens is 1. The van der Waals surface area contributed by atoms with Crippen molar-refractivity contribution in [3.05, 3.63) is 51.3 Å². The van der Waals surface area contributed by atoms with Gasteiger partial charge >= 0.3 is 0 Å². The number of pyridine rings is 1. The van der Waals surface area contributed by atoms with Gasteiger partial charge in [-0.1, -0.05) is 11.6 Å². The van der Waals surface area contributed by atoms with Crippen LogP contribution < -0.4 is 0 Å². The van der Waals surface area contributed by atoms with Crippen molar-refractivity contribution in [2.24, 2.45) is 7.05 Å². The van der Waals surface area contributed by atoms with Crippen molar-refractivity contribution in [3.8, 4) is 0 Å². The van der Waals surface area contributed by atoms with E-state index >= 15 is 0 Å². The molecule has 0 aromatic carbocycles. The maximum absolute atomic E-state index is 12.4. The lowest BCUT2D eigenvalue weighted by Gasteiger charge is -2.16. The van der Waals surface area contributed by atoms with Crippen LogP contribution in [0.2, 0.25) is 5.15 Å². The van der Waals surface area contributed by atoms with Crippen molar-refractivity contribution in [1.82, 2.24) is 19.4 Å². The molecule has 9 heteroatoms. The number of carbonyl (C=O) groups excluding carboxylic acids is 1. The molecular formula is C12H12ClN5O3. The van der Waals surface area contributed by atoms with Crippen LogP contribution in [0.1, 0.15) is 16.2 Å². The number of amides is 1. The highest BCUT2D eigenvalue weighted by Crippen LogP contribution is 2.22. The lowest BCUT2D eigenvalue weighted by atomic mass is 10.2. The molecule has 0 bridgehead atoms. The van der Waals surface area contributed by atoms with E-state index in [1.807, 2.05) is 0 Å². The Morgan fingerprint density at radius 2 is 2.24 bits per heavy atom. The van der Waals surface area contributed by atoms with Crippen molar-refractivity contribution >= 4 is 23.2 Å². The van der Waals surface area contributed by atoms with E-state index < -0.39 is 10.8 Å². The predicted octanol–water partition coefficient (Wildman–Crippen LogP) is 1.65. The maximum Gasteiger partial charge on any atom is 0.300 e. The molecule has 21 heavy (non-hydrogen) atoms. The average Bonchev–Trinajstić information content (AvgIpc) is 2.83. The number of hydrogen-bond acceptors (Lipinski definition) is 5. The van der Waals surface area contributed by atoms with Gasteiger partial charge in [0.25, 0.3) is 11.6 Å². The van der Waals surface area contributed by atoms with Gasteiger partial charge in [-0.3, -0.25) is 14.9 Å². The smallest absolute Gasteiger partial charge is 0.300 e. The summed E-state index contributed by atoms with van der Waals surface area (Å²) in [5, 5.41) is 11.0. The van der Waals surface area contributed by atoms with Crippen LogP contribution in [0.25, 0.3) is 0 Å². The van der Waals surface area contributed by atoms with Crippen LogP contribution in [0.3, 0.4) is 0 Å². The quantitative estimate of drug-likeness (QED) is 0.486. The molecule has 0 spiro atoms. The second-order valence-electron chi connectivity index (χ2n) is 4.40. The largest absolute Gasteiger partial charge is 0.337 e. The summed E-state index contributed by atoms with van der Waals surface area (Å²) in [5.74, 6) is 0.141. The first-order chi connectivity index (χ1) is 9.90. The topological polar surface area (TPSA) is 94.2 Å². The van der Waals surface area contributed by atoms with Crippen LogP contribution in [-0.2, 0) is 13.6 Å². The van der Waals surface area contributed by atoms with Gasteiger partial charge in [0.2, 0.25) is 0 Å². The summed E-state index contributed by atoms with van der Waals surface area (Å²) in [7, 11) is 3.33. The van der Waals surface area contributed by atoms with Crippen LogP contribution in [-0.4, -0.2) is 37.3 Å². The van der Waals surface area contributed by atoms with Crippen LogP contribution in [0.15, 0.2) is 24.7 Å². The van der Waals surface area contributed by atoms with E-state index in [0.29, 0.717) is 5.82 Å². The first-order valence-corrected chi connectivity index (χ1v) is 6.29. The molecule has 2 aromatic heterocycles. The van der Waals surface area contributed by atoms with Gasteiger partial charge in [-0.2, -0.15) is 0 Å². The second kappa shape index (κ2) is 5.88. The third kappa shape index (κ3) is 3.16. The molecule has 0 unspecified atom stereocenters. The summed E-state index contributed by atoms with van der Waals surface area (Å²) in [6, 6.07) is 1.19. The summed E-state index contributed by atoms with van der Waals surface area (Å²) in [5.41, 5.74) is -0.479. The first-order valence-electron chi connectivity index (χ1n) is 5.91. The van der Waals surface area contributed by atoms with E-state index in [-0.39, 0.29) is 22.9 Å². The molecule has 0 aliphatic heterocycles. The Morgan fingerprint density at radius 1 is 1.52 bits per heavy atom. The number of aromatic nitrogens is 3. The van der Waals surface area contributed by atoms with Crippen LogP contribution in [0.4, 0.5) is 5.69 Å². The van der Waals surface area contributed by atoms with Crippen molar-refractivity contribution in [2.75, 3.05) is 7.05 Å². The van der Waals surface area contributed by atoms with E-state index in [1.54, 1.807) is 24.0 Å². The van der Waals surface area contributed by atoms with E-state index in [9.17, 15) is 14.9 Å². The molecular weight excluding hydrogens is 298 g/mol. The maximum atomic E-state index is 12.4. The van der Waals surface area contributed by atoms with Gasteiger partial charge < -0.3 is 9.47 Å². The zero-order chi connectivity index (χ0) is 15.6. The van der Waals surface area contributed by atoms with Gasteiger partial charge in [0, 0.05) is 26.5 Å². The van der Waals surface area contributed by atoms with E-state index in [0.717, 1.165) is 6.20 Å². The highest BCUT2D eigenvalue weighted by molar-refractivity contribution is 6.29. The molecule has 0 fully saturated rings. The molecule has 1 amide bonds. The van der Waals surface area contributed by atoms with Crippen LogP contribution in [0, 0.1) is 10.1 Å². The molecule has 2 aromatic rings. The number of imidazole rings is 1. The normalized spacial score (nSPS) is 10.4. The fraction of sp³-hybridized carbons (Fsp3) is 0.250. The monoisotopic (exact) mass is 309 g/mol. The highest BCUT2D eigenvalue weighted by atomic mass is 35.5. The molecule has 2 heterocycles.